The van der Waals surface area contributed by atoms with Crippen molar-refractivity contribution in [3.05, 3.63) is 48.3 Å². The number of anilines is 1. The molecule has 0 saturated heterocycles. The third kappa shape index (κ3) is 4.62. The highest BCUT2D eigenvalue weighted by molar-refractivity contribution is 7.92. The van der Waals surface area contributed by atoms with Gasteiger partial charge in [0.2, 0.25) is 0 Å². The number of aromatic nitrogens is 4. The van der Waals surface area contributed by atoms with Crippen LogP contribution in [-0.4, -0.2) is 41.0 Å². The molecular formula is C17H17N5O5S. The average Bonchev–Trinajstić information content (AvgIpc) is 3.29. The minimum atomic E-state index is -3.92. The number of nitrogens with zero attached hydrogens (tertiary/aromatic N) is 4. The minimum absolute atomic E-state index is 0.00177. The zero-order chi connectivity index (χ0) is 20.1. The molecule has 1 aromatic carbocycles. The summed E-state index contributed by atoms with van der Waals surface area (Å²) >= 11 is 0. The van der Waals surface area contributed by atoms with Crippen LogP contribution < -0.4 is 4.72 Å². The summed E-state index contributed by atoms with van der Waals surface area (Å²) in [7, 11) is -2.19. The predicted octanol–water partition coefficient (Wildman–Crippen LogP) is 1.85. The quantitative estimate of drug-likeness (QED) is 0.467. The molecule has 0 fully saturated rings. The third-order valence-electron chi connectivity index (χ3n) is 3.49. The van der Waals surface area contributed by atoms with Crippen molar-refractivity contribution < 1.29 is 22.4 Å². The van der Waals surface area contributed by atoms with Crippen LogP contribution in [0.25, 0.3) is 17.5 Å². The van der Waals surface area contributed by atoms with Crippen LogP contribution in [0.2, 0.25) is 0 Å². The molecule has 2 heterocycles. The Morgan fingerprint density at radius 1 is 1.29 bits per heavy atom. The molecule has 1 N–H and O–H groups in total. The number of hydrogen-bond donors (Lipinski definition) is 1. The number of carbonyl (C=O) groups excluding carboxylic acids is 1. The van der Waals surface area contributed by atoms with Crippen LogP contribution in [0.3, 0.4) is 0 Å². The van der Waals surface area contributed by atoms with Gasteiger partial charge in [-0.15, -0.1) is 5.10 Å². The van der Waals surface area contributed by atoms with Gasteiger partial charge in [-0.3, -0.25) is 4.68 Å². The second-order valence-corrected chi connectivity index (χ2v) is 7.26. The van der Waals surface area contributed by atoms with E-state index in [0.717, 1.165) is 0 Å². The van der Waals surface area contributed by atoms with E-state index in [1.807, 2.05) is 0 Å². The molecule has 28 heavy (non-hydrogen) atoms. The number of nitrogens with one attached hydrogen (secondary N) is 1. The summed E-state index contributed by atoms with van der Waals surface area (Å²) in [5.41, 5.74) is 1.21. The molecule has 0 saturated carbocycles. The monoisotopic (exact) mass is 403 g/mol. The van der Waals surface area contributed by atoms with Gasteiger partial charge in [0.15, 0.2) is 0 Å². The molecule has 0 bridgehead atoms. The maximum Gasteiger partial charge on any atom is 0.330 e. The Kier molecular flexibility index (Phi) is 5.54. The molecule has 10 nitrogen and oxygen atoms in total. The van der Waals surface area contributed by atoms with Crippen LogP contribution in [-0.2, 0) is 26.6 Å². The van der Waals surface area contributed by atoms with Crippen molar-refractivity contribution in [2.75, 3.05) is 11.3 Å². The van der Waals surface area contributed by atoms with Crippen LogP contribution in [0.1, 0.15) is 12.5 Å². The molecule has 0 spiro atoms. The SMILES string of the molecule is CCOC(=O)/C=C/c1ccc(S(=O)(=O)Nc2nnc(-c3cnn(C)c3)o2)cc1. The van der Waals surface area contributed by atoms with Gasteiger partial charge in [-0.1, -0.05) is 17.2 Å². The van der Waals surface area contributed by atoms with Crippen LogP contribution in [0.5, 0.6) is 0 Å². The van der Waals surface area contributed by atoms with E-state index >= 15 is 0 Å². The van der Waals surface area contributed by atoms with Gasteiger partial charge in [-0.2, -0.15) is 5.10 Å². The topological polar surface area (TPSA) is 129 Å². The lowest BCUT2D eigenvalue weighted by molar-refractivity contribution is -0.137. The van der Waals surface area contributed by atoms with Crippen LogP contribution in [0.4, 0.5) is 6.01 Å². The van der Waals surface area contributed by atoms with Crippen molar-refractivity contribution in [2.24, 2.45) is 7.05 Å². The van der Waals surface area contributed by atoms with Gasteiger partial charge in [-0.05, 0) is 30.7 Å². The molecule has 0 aliphatic carbocycles. The Balaban J connectivity index is 1.71. The predicted molar refractivity (Wildman–Crippen MR) is 99.4 cm³/mol. The van der Waals surface area contributed by atoms with Gasteiger partial charge in [-0.25, -0.2) is 17.9 Å². The Bertz CT molecular complexity index is 1100. The number of esters is 1. The summed E-state index contributed by atoms with van der Waals surface area (Å²) in [6.45, 7) is 1.99. The van der Waals surface area contributed by atoms with Crippen molar-refractivity contribution in [1.29, 1.82) is 0 Å². The Morgan fingerprint density at radius 3 is 2.68 bits per heavy atom. The van der Waals surface area contributed by atoms with Crippen LogP contribution in [0.15, 0.2) is 52.0 Å². The summed E-state index contributed by atoms with van der Waals surface area (Å²) in [5, 5.41) is 11.5. The number of aryl methyl sites for hydroxylation is 1. The lowest BCUT2D eigenvalue weighted by Gasteiger charge is -2.04. The van der Waals surface area contributed by atoms with Crippen molar-refractivity contribution in [3.63, 3.8) is 0 Å². The zero-order valence-electron chi connectivity index (χ0n) is 15.1. The van der Waals surface area contributed by atoms with Gasteiger partial charge >= 0.3 is 12.0 Å². The largest absolute Gasteiger partial charge is 0.463 e. The number of ether oxygens (including phenoxy) is 1. The van der Waals surface area contributed by atoms with Gasteiger partial charge in [0.05, 0.1) is 23.3 Å². The van der Waals surface area contributed by atoms with Gasteiger partial charge in [0.25, 0.3) is 15.9 Å². The smallest absolute Gasteiger partial charge is 0.330 e. The highest BCUT2D eigenvalue weighted by Crippen LogP contribution is 2.21. The third-order valence-corrected chi connectivity index (χ3v) is 4.82. The fourth-order valence-electron chi connectivity index (χ4n) is 2.20. The van der Waals surface area contributed by atoms with Gasteiger partial charge < -0.3 is 9.15 Å². The molecule has 0 aliphatic rings. The minimum Gasteiger partial charge on any atom is -0.463 e. The molecule has 0 atom stereocenters. The summed E-state index contributed by atoms with van der Waals surface area (Å²) in [6.07, 6.45) is 5.98. The van der Waals surface area contributed by atoms with Crippen molar-refractivity contribution in [1.82, 2.24) is 20.0 Å². The fraction of sp³-hybridized carbons (Fsp3) is 0.176. The lowest BCUT2D eigenvalue weighted by atomic mass is 10.2. The number of carbonyl (C=O) groups is 1. The zero-order valence-corrected chi connectivity index (χ0v) is 15.9. The molecule has 146 valence electrons. The van der Waals surface area contributed by atoms with Gasteiger partial charge in [0.1, 0.15) is 0 Å². The molecule has 0 radical (unpaired) electrons. The molecule has 2 aromatic heterocycles. The van der Waals surface area contributed by atoms with E-state index in [-0.39, 0.29) is 23.4 Å². The Labute approximate surface area is 160 Å². The van der Waals surface area contributed by atoms with Crippen molar-refractivity contribution in [2.45, 2.75) is 11.8 Å². The van der Waals surface area contributed by atoms with Crippen LogP contribution >= 0.6 is 0 Å². The van der Waals surface area contributed by atoms with E-state index in [2.05, 4.69) is 20.0 Å². The fourth-order valence-corrected chi connectivity index (χ4v) is 3.12. The molecule has 3 aromatic rings. The van der Waals surface area contributed by atoms with E-state index in [0.29, 0.717) is 11.1 Å². The summed E-state index contributed by atoms with van der Waals surface area (Å²) in [4.78, 5) is 11.3. The number of rotatable bonds is 7. The first-order valence-corrected chi connectivity index (χ1v) is 9.66. The van der Waals surface area contributed by atoms with Gasteiger partial charge in [0, 0.05) is 19.3 Å². The van der Waals surface area contributed by atoms with E-state index in [1.54, 1.807) is 37.0 Å². The first kappa shape index (κ1) is 19.3. The molecular weight excluding hydrogens is 386 g/mol. The molecule has 11 heteroatoms. The highest BCUT2D eigenvalue weighted by atomic mass is 32.2. The van der Waals surface area contributed by atoms with E-state index in [1.165, 1.54) is 30.5 Å². The van der Waals surface area contributed by atoms with E-state index in [9.17, 15) is 13.2 Å². The lowest BCUT2D eigenvalue weighted by Crippen LogP contribution is -2.13. The van der Waals surface area contributed by atoms with E-state index in [4.69, 9.17) is 9.15 Å². The first-order valence-electron chi connectivity index (χ1n) is 8.17. The molecule has 0 unspecified atom stereocenters. The summed E-state index contributed by atoms with van der Waals surface area (Å²) in [6, 6.07) is 5.64. The second kappa shape index (κ2) is 8.05. The molecule has 0 aliphatic heterocycles. The number of hydrogen-bond acceptors (Lipinski definition) is 8. The summed E-state index contributed by atoms with van der Waals surface area (Å²) in [5.74, 6) is -0.327. The first-order chi connectivity index (χ1) is 13.4. The van der Waals surface area contributed by atoms with E-state index < -0.39 is 16.0 Å². The Hall–Kier alpha value is -3.47. The normalized spacial score (nSPS) is 11.6. The second-order valence-electron chi connectivity index (χ2n) is 5.57. The maximum atomic E-state index is 12.5. The molecule has 3 rings (SSSR count). The van der Waals surface area contributed by atoms with Crippen molar-refractivity contribution in [3.8, 4) is 11.5 Å². The molecule has 0 amide bonds. The average molecular weight is 403 g/mol. The van der Waals surface area contributed by atoms with Crippen molar-refractivity contribution >= 4 is 28.1 Å². The standard InChI is InChI=1S/C17H17N5O5S/c1-3-26-15(23)9-6-12-4-7-14(8-5-12)28(24,25)21-17-20-19-16(27-17)13-10-18-22(2)11-13/h4-11H,3H2,1-2H3,(H,20,21)/b9-6+. The maximum absolute atomic E-state index is 12.5. The number of sulfonamides is 1. The summed E-state index contributed by atoms with van der Waals surface area (Å²) < 4.78 is 38.8. The highest BCUT2D eigenvalue weighted by Gasteiger charge is 2.18. The Morgan fingerprint density at radius 2 is 2.04 bits per heavy atom. The number of benzene rings is 1. The van der Waals surface area contributed by atoms with Crippen LogP contribution in [0, 0.1) is 0 Å².